The van der Waals surface area contributed by atoms with Crippen LogP contribution in [0.2, 0.25) is 0 Å². The Bertz CT molecular complexity index is 474. The molecule has 3 nitrogen and oxygen atoms in total. The number of rotatable bonds is 2. The molecule has 2 fully saturated rings. The number of nitrogens with two attached hydrogens (primary N) is 1. The molecular weight excluding hydrogens is 254 g/mol. The topological polar surface area (TPSA) is 32.5 Å². The molecule has 0 amide bonds. The smallest absolute Gasteiger partial charge is 0.106 e. The van der Waals surface area contributed by atoms with Crippen molar-refractivity contribution in [2.75, 3.05) is 31.1 Å². The first-order valence-electron chi connectivity index (χ1n) is 7.13. The Kier molecular flexibility index (Phi) is 3.71. The Hall–Kier alpha value is -1.13. The van der Waals surface area contributed by atoms with Crippen molar-refractivity contribution in [3.8, 4) is 0 Å². The van der Waals surface area contributed by atoms with E-state index in [-0.39, 0.29) is 0 Å². The number of hydrogen-bond acceptors (Lipinski definition) is 3. The largest absolute Gasteiger partial charge is 0.389 e. The van der Waals surface area contributed by atoms with E-state index in [2.05, 4.69) is 21.9 Å². The van der Waals surface area contributed by atoms with Gasteiger partial charge in [-0.3, -0.25) is 4.90 Å². The summed E-state index contributed by atoms with van der Waals surface area (Å²) in [6.45, 7) is 4.63. The van der Waals surface area contributed by atoms with Gasteiger partial charge in [0.25, 0.3) is 0 Å². The number of hydrogen-bond donors (Lipinski definition) is 1. The molecule has 19 heavy (non-hydrogen) atoms. The normalized spacial score (nSPS) is 24.0. The predicted molar refractivity (Wildman–Crippen MR) is 83.8 cm³/mol. The van der Waals surface area contributed by atoms with Gasteiger partial charge in [0.15, 0.2) is 0 Å². The fraction of sp³-hybridized carbons (Fsp3) is 0.533. The maximum Gasteiger partial charge on any atom is 0.106 e. The molecule has 0 radical (unpaired) electrons. The number of fused-ring (bicyclic) bond motifs is 1. The van der Waals surface area contributed by atoms with Gasteiger partial charge in [-0.2, -0.15) is 0 Å². The van der Waals surface area contributed by atoms with Crippen molar-refractivity contribution in [2.24, 2.45) is 5.73 Å². The molecule has 102 valence electrons. The van der Waals surface area contributed by atoms with E-state index in [0.717, 1.165) is 25.2 Å². The number of para-hydroxylation sites is 1. The van der Waals surface area contributed by atoms with E-state index in [9.17, 15) is 0 Å². The lowest BCUT2D eigenvalue weighted by Gasteiger charge is -2.45. The Labute approximate surface area is 120 Å². The first-order chi connectivity index (χ1) is 9.25. The number of piperazine rings is 1. The minimum atomic E-state index is 0.502. The van der Waals surface area contributed by atoms with E-state index in [0.29, 0.717) is 11.0 Å². The second-order valence-corrected chi connectivity index (χ2v) is 5.95. The highest BCUT2D eigenvalue weighted by molar-refractivity contribution is 7.80. The van der Waals surface area contributed by atoms with E-state index in [4.69, 9.17) is 18.0 Å². The van der Waals surface area contributed by atoms with E-state index in [1.54, 1.807) is 0 Å². The molecule has 0 aromatic heterocycles. The van der Waals surface area contributed by atoms with Crippen LogP contribution < -0.4 is 10.6 Å². The van der Waals surface area contributed by atoms with Gasteiger partial charge in [-0.25, -0.2) is 0 Å². The van der Waals surface area contributed by atoms with Gasteiger partial charge >= 0.3 is 0 Å². The molecule has 2 saturated heterocycles. The molecule has 2 N–H and O–H groups in total. The summed E-state index contributed by atoms with van der Waals surface area (Å²) in [4.78, 5) is 5.60. The highest BCUT2D eigenvalue weighted by Gasteiger charge is 2.29. The van der Waals surface area contributed by atoms with Gasteiger partial charge in [0.2, 0.25) is 0 Å². The molecule has 1 unspecified atom stereocenters. The fourth-order valence-electron chi connectivity index (χ4n) is 3.33. The zero-order chi connectivity index (χ0) is 13.2. The van der Waals surface area contributed by atoms with Crippen LogP contribution in [0.25, 0.3) is 0 Å². The Morgan fingerprint density at radius 1 is 1.16 bits per heavy atom. The quantitative estimate of drug-likeness (QED) is 0.837. The second kappa shape index (κ2) is 5.47. The Morgan fingerprint density at radius 3 is 2.84 bits per heavy atom. The van der Waals surface area contributed by atoms with E-state index < -0.39 is 0 Å². The van der Waals surface area contributed by atoms with Crippen LogP contribution in [-0.2, 0) is 0 Å². The van der Waals surface area contributed by atoms with Crippen molar-refractivity contribution in [1.82, 2.24) is 4.90 Å². The van der Waals surface area contributed by atoms with Crippen molar-refractivity contribution in [3.63, 3.8) is 0 Å². The minimum absolute atomic E-state index is 0.502. The molecule has 2 aliphatic rings. The van der Waals surface area contributed by atoms with Gasteiger partial charge in [0.1, 0.15) is 4.99 Å². The van der Waals surface area contributed by atoms with Crippen LogP contribution in [0.15, 0.2) is 24.3 Å². The third-order valence-electron chi connectivity index (χ3n) is 4.35. The van der Waals surface area contributed by atoms with Gasteiger partial charge in [-0.15, -0.1) is 0 Å². The Morgan fingerprint density at radius 2 is 2.00 bits per heavy atom. The van der Waals surface area contributed by atoms with Crippen LogP contribution in [0.1, 0.15) is 24.8 Å². The molecule has 1 aromatic carbocycles. The predicted octanol–water partition coefficient (Wildman–Crippen LogP) is 2.00. The number of nitrogens with zero attached hydrogens (tertiary/aromatic N) is 2. The maximum absolute atomic E-state index is 5.85. The molecule has 0 spiro atoms. The van der Waals surface area contributed by atoms with Crippen LogP contribution in [0.3, 0.4) is 0 Å². The van der Waals surface area contributed by atoms with Crippen molar-refractivity contribution < 1.29 is 0 Å². The third-order valence-corrected chi connectivity index (χ3v) is 4.57. The lowest BCUT2D eigenvalue weighted by atomic mass is 9.98. The average molecular weight is 275 g/mol. The van der Waals surface area contributed by atoms with Crippen molar-refractivity contribution in [1.29, 1.82) is 0 Å². The highest BCUT2D eigenvalue weighted by Crippen LogP contribution is 2.27. The molecule has 2 heterocycles. The van der Waals surface area contributed by atoms with Crippen LogP contribution in [0.5, 0.6) is 0 Å². The Balaban J connectivity index is 1.81. The SMILES string of the molecule is NC(=S)c1ccccc1N1CCN2CCCCC2C1. The van der Waals surface area contributed by atoms with Crippen LogP contribution in [0, 0.1) is 0 Å². The van der Waals surface area contributed by atoms with Crippen LogP contribution in [-0.4, -0.2) is 42.1 Å². The first-order valence-corrected chi connectivity index (χ1v) is 7.54. The van der Waals surface area contributed by atoms with Crippen LogP contribution >= 0.6 is 12.2 Å². The molecule has 1 aromatic rings. The van der Waals surface area contributed by atoms with Crippen LogP contribution in [0.4, 0.5) is 5.69 Å². The molecular formula is C15H21N3S. The van der Waals surface area contributed by atoms with Crippen molar-refractivity contribution in [2.45, 2.75) is 25.3 Å². The lowest BCUT2D eigenvalue weighted by molar-refractivity contribution is 0.133. The minimum Gasteiger partial charge on any atom is -0.389 e. The molecule has 0 saturated carbocycles. The molecule has 0 aliphatic carbocycles. The van der Waals surface area contributed by atoms with Gasteiger partial charge in [0.05, 0.1) is 0 Å². The summed E-state index contributed by atoms with van der Waals surface area (Å²) in [6, 6.07) is 8.97. The number of thiocarbonyl (C=S) groups is 1. The fourth-order valence-corrected chi connectivity index (χ4v) is 3.51. The standard InChI is InChI=1S/C15H21N3S/c16-15(19)13-6-1-2-7-14(13)18-10-9-17-8-4-3-5-12(17)11-18/h1-2,6-7,12H,3-5,8-11H2,(H2,16,19). The summed E-state index contributed by atoms with van der Waals surface area (Å²) in [6.07, 6.45) is 4.05. The third kappa shape index (κ3) is 2.60. The molecule has 0 bridgehead atoms. The summed E-state index contributed by atoms with van der Waals surface area (Å²) in [5.74, 6) is 0. The monoisotopic (exact) mass is 275 g/mol. The van der Waals surface area contributed by atoms with Gasteiger partial charge in [-0.1, -0.05) is 30.8 Å². The van der Waals surface area contributed by atoms with Gasteiger partial charge in [-0.05, 0) is 31.5 Å². The maximum atomic E-state index is 5.85. The summed E-state index contributed by atoms with van der Waals surface area (Å²) < 4.78 is 0. The van der Waals surface area contributed by atoms with Crippen molar-refractivity contribution >= 4 is 22.9 Å². The zero-order valence-corrected chi connectivity index (χ0v) is 12.0. The van der Waals surface area contributed by atoms with E-state index in [1.165, 1.54) is 31.5 Å². The highest BCUT2D eigenvalue weighted by atomic mass is 32.1. The molecule has 1 atom stereocenters. The van der Waals surface area contributed by atoms with Crippen molar-refractivity contribution in [3.05, 3.63) is 29.8 Å². The molecule has 3 rings (SSSR count). The summed E-state index contributed by atoms with van der Waals surface area (Å²) in [5, 5.41) is 0. The number of benzene rings is 1. The van der Waals surface area contributed by atoms with Gasteiger partial charge < -0.3 is 10.6 Å². The lowest BCUT2D eigenvalue weighted by Crippen LogP contribution is -2.55. The number of anilines is 1. The number of piperidine rings is 1. The zero-order valence-electron chi connectivity index (χ0n) is 11.2. The van der Waals surface area contributed by atoms with E-state index in [1.807, 2.05) is 12.1 Å². The second-order valence-electron chi connectivity index (χ2n) is 5.51. The molecule has 2 aliphatic heterocycles. The summed E-state index contributed by atoms with van der Waals surface area (Å²) in [5.41, 5.74) is 8.07. The summed E-state index contributed by atoms with van der Waals surface area (Å²) >= 11 is 5.17. The van der Waals surface area contributed by atoms with E-state index >= 15 is 0 Å². The summed E-state index contributed by atoms with van der Waals surface area (Å²) in [7, 11) is 0. The molecule has 4 heteroatoms. The first kappa shape index (κ1) is 12.9. The average Bonchev–Trinajstić information content (AvgIpc) is 2.46. The van der Waals surface area contributed by atoms with Gasteiger partial charge in [0, 0.05) is 36.9 Å².